The highest BCUT2D eigenvalue weighted by Crippen LogP contribution is 2.30. The van der Waals surface area contributed by atoms with Crippen LogP contribution in [0.25, 0.3) is 6.08 Å². The van der Waals surface area contributed by atoms with Gasteiger partial charge in [0.2, 0.25) is 0 Å². The molecule has 0 N–H and O–H groups in total. The van der Waals surface area contributed by atoms with Crippen LogP contribution in [0.15, 0.2) is 23.9 Å². The predicted octanol–water partition coefficient (Wildman–Crippen LogP) is 3.95. The van der Waals surface area contributed by atoms with Crippen molar-refractivity contribution in [2.75, 3.05) is 0 Å². The van der Waals surface area contributed by atoms with Crippen LogP contribution in [0.4, 0.5) is 0 Å². The van der Waals surface area contributed by atoms with Crippen molar-refractivity contribution in [1.29, 1.82) is 0 Å². The largest absolute Gasteiger partial charge is 0.294 e. The minimum atomic E-state index is -1.17. The van der Waals surface area contributed by atoms with Crippen molar-refractivity contribution in [2.24, 2.45) is 5.92 Å². The van der Waals surface area contributed by atoms with Crippen molar-refractivity contribution in [1.82, 2.24) is 0 Å². The molecule has 0 aliphatic heterocycles. The van der Waals surface area contributed by atoms with Gasteiger partial charge in [-0.25, -0.2) is 0 Å². The summed E-state index contributed by atoms with van der Waals surface area (Å²) in [6.07, 6.45) is 3.12. The second kappa shape index (κ2) is 4.26. The molecule has 0 saturated heterocycles. The number of carbonyl (C=O) groups is 1. The molecule has 1 aliphatic carbocycles. The summed E-state index contributed by atoms with van der Waals surface area (Å²) in [5, 5.41) is 0. The molecule has 0 spiro atoms. The Morgan fingerprint density at radius 3 is 2.65 bits per heavy atom. The Morgan fingerprint density at radius 1 is 1.29 bits per heavy atom. The van der Waals surface area contributed by atoms with Gasteiger partial charge in [-0.05, 0) is 17.5 Å². The fourth-order valence-corrected chi connectivity index (χ4v) is 2.90. The zero-order valence-corrected chi connectivity index (χ0v) is 12.1. The molecule has 1 nitrogen and oxygen atoms in total. The normalized spacial score (nSPS) is 20.0. The monoisotopic (exact) mass is 244 g/mol. The third-order valence-electron chi connectivity index (χ3n) is 3.20. The van der Waals surface area contributed by atoms with Gasteiger partial charge >= 0.3 is 0 Å². The average Bonchev–Trinajstić information content (AvgIpc) is 2.52. The van der Waals surface area contributed by atoms with E-state index in [9.17, 15) is 4.79 Å². The van der Waals surface area contributed by atoms with Crippen molar-refractivity contribution < 1.29 is 4.79 Å². The molecule has 90 valence electrons. The van der Waals surface area contributed by atoms with Gasteiger partial charge in [0.1, 0.15) is 0 Å². The lowest BCUT2D eigenvalue weighted by molar-refractivity contribution is 0.0946. The molecule has 0 bridgehead atoms. The number of hydrogen-bond donors (Lipinski definition) is 0. The molecule has 0 fully saturated rings. The van der Waals surface area contributed by atoms with Crippen LogP contribution in [0.5, 0.6) is 0 Å². The first-order chi connectivity index (χ1) is 7.88. The minimum absolute atomic E-state index is 0.159. The Balaban J connectivity index is 2.40. The number of ketones is 1. The number of hydrogen-bond acceptors (Lipinski definition) is 1. The van der Waals surface area contributed by atoms with Crippen LogP contribution >= 0.6 is 0 Å². The molecule has 1 unspecified atom stereocenters. The highest BCUT2D eigenvalue weighted by molar-refractivity contribution is 6.81. The highest BCUT2D eigenvalue weighted by atomic mass is 28.3. The first-order valence-corrected chi connectivity index (χ1v) is 9.81. The molecule has 2 rings (SSSR count). The molecule has 1 atom stereocenters. The van der Waals surface area contributed by atoms with Crippen molar-refractivity contribution in [3.63, 3.8) is 0 Å². The Hall–Kier alpha value is -1.15. The lowest BCUT2D eigenvalue weighted by Crippen LogP contribution is -2.15. The fraction of sp³-hybridized carbons (Fsp3) is 0.400. The van der Waals surface area contributed by atoms with Gasteiger partial charge in [-0.2, -0.15) is 0 Å². The van der Waals surface area contributed by atoms with Crippen LogP contribution in [-0.2, 0) is 6.42 Å². The molecule has 0 amide bonds. The van der Waals surface area contributed by atoms with Gasteiger partial charge in [-0.15, -0.1) is 0 Å². The average molecular weight is 244 g/mol. The van der Waals surface area contributed by atoms with E-state index in [1.165, 1.54) is 11.1 Å². The lowest BCUT2D eigenvalue weighted by atomic mass is 10.0. The second-order valence-electron chi connectivity index (χ2n) is 6.04. The maximum absolute atomic E-state index is 11.9. The fourth-order valence-electron chi connectivity index (χ4n) is 2.22. The molecule has 0 radical (unpaired) electrons. The van der Waals surface area contributed by atoms with Gasteiger partial charge in [-0.3, -0.25) is 4.79 Å². The Labute approximate surface area is 105 Å². The van der Waals surface area contributed by atoms with Gasteiger partial charge in [0.05, 0.1) is 8.07 Å². The summed E-state index contributed by atoms with van der Waals surface area (Å²) in [7, 11) is -1.17. The lowest BCUT2D eigenvalue weighted by Gasteiger charge is -2.09. The van der Waals surface area contributed by atoms with E-state index in [4.69, 9.17) is 0 Å². The van der Waals surface area contributed by atoms with Gasteiger partial charge in [-0.1, -0.05) is 56.5 Å². The SMILES string of the molecule is CC1Cc2c(/C=C/[Si](C)(C)C)cccc2C1=O. The molecule has 1 aromatic rings. The summed E-state index contributed by atoms with van der Waals surface area (Å²) >= 11 is 0. The smallest absolute Gasteiger partial charge is 0.166 e. The summed E-state index contributed by atoms with van der Waals surface area (Å²) in [6.45, 7) is 8.98. The summed E-state index contributed by atoms with van der Waals surface area (Å²) in [5.41, 5.74) is 5.77. The van der Waals surface area contributed by atoms with Gasteiger partial charge in [0, 0.05) is 11.5 Å². The Bertz CT molecular complexity index is 480. The maximum atomic E-state index is 11.9. The third-order valence-corrected chi connectivity index (χ3v) is 4.37. The topological polar surface area (TPSA) is 17.1 Å². The van der Waals surface area contributed by atoms with E-state index in [1.54, 1.807) is 0 Å². The van der Waals surface area contributed by atoms with E-state index >= 15 is 0 Å². The highest BCUT2D eigenvalue weighted by Gasteiger charge is 2.27. The number of Topliss-reactive ketones (excluding diaryl/α,β-unsaturated/α-hetero) is 1. The number of rotatable bonds is 2. The quantitative estimate of drug-likeness (QED) is 0.720. The molecular formula is C15H20OSi. The molecule has 0 heterocycles. The molecule has 1 aliphatic rings. The van der Waals surface area contributed by atoms with E-state index < -0.39 is 8.07 Å². The van der Waals surface area contributed by atoms with Crippen LogP contribution in [0.2, 0.25) is 19.6 Å². The van der Waals surface area contributed by atoms with E-state index in [2.05, 4.69) is 37.5 Å². The maximum Gasteiger partial charge on any atom is 0.166 e. The minimum Gasteiger partial charge on any atom is -0.294 e. The van der Waals surface area contributed by atoms with Crippen LogP contribution in [0, 0.1) is 5.92 Å². The van der Waals surface area contributed by atoms with Gasteiger partial charge in [0.15, 0.2) is 5.78 Å². The van der Waals surface area contributed by atoms with Crippen molar-refractivity contribution in [3.05, 3.63) is 40.6 Å². The Morgan fingerprint density at radius 2 is 2.00 bits per heavy atom. The third kappa shape index (κ3) is 2.58. The van der Waals surface area contributed by atoms with Crippen molar-refractivity contribution in [2.45, 2.75) is 33.0 Å². The van der Waals surface area contributed by atoms with Crippen LogP contribution in [0.1, 0.15) is 28.4 Å². The first kappa shape index (κ1) is 12.3. The molecule has 1 aromatic carbocycles. The standard InChI is InChI=1S/C15H20OSi/c1-11-10-14-12(8-9-17(2,3)4)6-5-7-13(14)15(11)16/h5-9,11H,10H2,1-4H3/b9-8+. The van der Waals surface area contributed by atoms with Crippen molar-refractivity contribution >= 4 is 19.9 Å². The first-order valence-electron chi connectivity index (χ1n) is 6.24. The second-order valence-corrected chi connectivity index (χ2v) is 11.1. The summed E-state index contributed by atoms with van der Waals surface area (Å²) in [4.78, 5) is 11.9. The predicted molar refractivity (Wildman–Crippen MR) is 76.0 cm³/mol. The molecule has 2 heteroatoms. The van der Waals surface area contributed by atoms with E-state index in [1.807, 2.05) is 19.1 Å². The molecule has 0 aromatic heterocycles. The van der Waals surface area contributed by atoms with Crippen LogP contribution in [-0.4, -0.2) is 13.9 Å². The van der Waals surface area contributed by atoms with Gasteiger partial charge in [0.25, 0.3) is 0 Å². The van der Waals surface area contributed by atoms with Crippen molar-refractivity contribution in [3.8, 4) is 0 Å². The van der Waals surface area contributed by atoms with Crippen LogP contribution < -0.4 is 0 Å². The zero-order valence-electron chi connectivity index (χ0n) is 11.1. The number of carbonyl (C=O) groups excluding carboxylic acids is 1. The van der Waals surface area contributed by atoms with Gasteiger partial charge < -0.3 is 0 Å². The van der Waals surface area contributed by atoms with E-state index in [-0.39, 0.29) is 5.92 Å². The Kier molecular flexibility index (Phi) is 3.08. The molecule has 0 saturated carbocycles. The van der Waals surface area contributed by atoms with E-state index in [0.717, 1.165) is 12.0 Å². The molecule has 17 heavy (non-hydrogen) atoms. The summed E-state index contributed by atoms with van der Waals surface area (Å²) < 4.78 is 0. The summed E-state index contributed by atoms with van der Waals surface area (Å²) in [5.74, 6) is 0.467. The van der Waals surface area contributed by atoms with E-state index in [0.29, 0.717) is 5.78 Å². The molecular weight excluding hydrogens is 224 g/mol. The zero-order chi connectivity index (χ0) is 12.6. The number of benzene rings is 1. The number of fused-ring (bicyclic) bond motifs is 1. The van der Waals surface area contributed by atoms with Crippen LogP contribution in [0.3, 0.4) is 0 Å². The summed E-state index contributed by atoms with van der Waals surface area (Å²) in [6, 6.07) is 6.09.